The Morgan fingerprint density at radius 1 is 1.38 bits per heavy atom. The van der Waals surface area contributed by atoms with Gasteiger partial charge in [0, 0.05) is 11.6 Å². The first-order valence-corrected chi connectivity index (χ1v) is 4.52. The second kappa shape index (κ2) is 3.18. The second-order valence-electron chi connectivity index (χ2n) is 4.60. The van der Waals surface area contributed by atoms with Gasteiger partial charge in [0.2, 0.25) is 0 Å². The molecule has 0 aliphatic heterocycles. The van der Waals surface area contributed by atoms with E-state index in [4.69, 9.17) is 10.2 Å². The highest BCUT2D eigenvalue weighted by Crippen LogP contribution is 2.30. The third-order valence-electron chi connectivity index (χ3n) is 2.38. The number of hydrogen-bond acceptors (Lipinski definition) is 2. The smallest absolute Gasteiger partial charge is 0.407 e. The van der Waals surface area contributed by atoms with Gasteiger partial charge in [-0.05, 0) is 33.6 Å². The van der Waals surface area contributed by atoms with E-state index in [1.54, 1.807) is 0 Å². The summed E-state index contributed by atoms with van der Waals surface area (Å²) in [5.41, 5.74) is -0.378. The van der Waals surface area contributed by atoms with E-state index < -0.39 is 6.09 Å². The molecule has 0 heterocycles. The van der Waals surface area contributed by atoms with Gasteiger partial charge in [0.05, 0.1) is 6.10 Å². The fraction of sp³-hybridized carbons (Fsp3) is 0.889. The molecule has 2 N–H and O–H groups in total. The van der Waals surface area contributed by atoms with Gasteiger partial charge in [-0.1, -0.05) is 0 Å². The van der Waals surface area contributed by atoms with Crippen LogP contribution in [0.5, 0.6) is 0 Å². The molecule has 1 rings (SSSR count). The Morgan fingerprint density at radius 3 is 2.08 bits per heavy atom. The number of aliphatic hydroxyl groups is 1. The molecule has 1 fully saturated rings. The van der Waals surface area contributed by atoms with E-state index in [1.165, 1.54) is 4.90 Å². The largest absolute Gasteiger partial charge is 0.465 e. The lowest BCUT2D eigenvalue weighted by molar-refractivity contribution is -0.0240. The fourth-order valence-corrected chi connectivity index (χ4v) is 1.76. The van der Waals surface area contributed by atoms with Gasteiger partial charge in [0.25, 0.3) is 0 Å². The molecule has 0 unspecified atom stereocenters. The van der Waals surface area contributed by atoms with E-state index in [2.05, 4.69) is 0 Å². The molecule has 76 valence electrons. The molecule has 1 amide bonds. The lowest BCUT2D eigenvalue weighted by Crippen LogP contribution is -2.57. The van der Waals surface area contributed by atoms with E-state index in [9.17, 15) is 4.79 Å². The van der Waals surface area contributed by atoms with Crippen molar-refractivity contribution in [2.24, 2.45) is 0 Å². The van der Waals surface area contributed by atoms with Crippen molar-refractivity contribution in [2.45, 2.75) is 51.3 Å². The highest BCUT2D eigenvalue weighted by molar-refractivity contribution is 5.66. The Hall–Kier alpha value is -0.770. The minimum absolute atomic E-state index is 0.00694. The summed E-state index contributed by atoms with van der Waals surface area (Å²) < 4.78 is 0. The Labute approximate surface area is 78.2 Å². The Kier molecular flexibility index (Phi) is 2.52. The summed E-state index contributed by atoms with van der Waals surface area (Å²) in [5.74, 6) is 0. The molecular formula is C9H17NO3. The average Bonchev–Trinajstić information content (AvgIpc) is 1.79. The first-order valence-electron chi connectivity index (χ1n) is 4.52. The minimum Gasteiger partial charge on any atom is -0.465 e. The number of hydrogen-bond donors (Lipinski definition) is 2. The molecule has 0 bridgehead atoms. The van der Waals surface area contributed by atoms with Crippen LogP contribution < -0.4 is 0 Å². The van der Waals surface area contributed by atoms with Gasteiger partial charge in [-0.25, -0.2) is 4.79 Å². The molecule has 0 radical (unpaired) electrons. The average molecular weight is 187 g/mol. The van der Waals surface area contributed by atoms with Crippen LogP contribution in [0.4, 0.5) is 4.79 Å². The SMILES string of the molecule is CC(C)(C)N(C(=O)O)C1CC(O)C1. The summed E-state index contributed by atoms with van der Waals surface area (Å²) in [5, 5.41) is 18.1. The molecule has 1 aliphatic carbocycles. The summed E-state index contributed by atoms with van der Waals surface area (Å²) in [6, 6.07) is -0.00694. The normalized spacial score (nSPS) is 28.0. The van der Waals surface area contributed by atoms with Crippen LogP contribution >= 0.6 is 0 Å². The molecule has 0 spiro atoms. The van der Waals surface area contributed by atoms with Crippen LogP contribution in [-0.4, -0.2) is 38.9 Å². The van der Waals surface area contributed by atoms with Gasteiger partial charge in [-0.3, -0.25) is 0 Å². The number of aliphatic hydroxyl groups excluding tert-OH is 1. The maximum atomic E-state index is 10.9. The van der Waals surface area contributed by atoms with Crippen molar-refractivity contribution < 1.29 is 15.0 Å². The molecule has 0 atom stereocenters. The molecule has 1 saturated carbocycles. The standard InChI is InChI=1S/C9H17NO3/c1-9(2,3)10(8(12)13)6-4-7(11)5-6/h6-7,11H,4-5H2,1-3H3,(H,12,13). The highest BCUT2D eigenvalue weighted by atomic mass is 16.4. The summed E-state index contributed by atoms with van der Waals surface area (Å²) in [7, 11) is 0. The zero-order valence-corrected chi connectivity index (χ0v) is 8.32. The van der Waals surface area contributed by atoms with Crippen molar-refractivity contribution in [3.05, 3.63) is 0 Å². The molecule has 4 nitrogen and oxygen atoms in total. The number of amides is 1. The molecular weight excluding hydrogens is 170 g/mol. The molecule has 1 aliphatic rings. The number of rotatable bonds is 1. The summed E-state index contributed by atoms with van der Waals surface area (Å²) in [6.45, 7) is 5.60. The second-order valence-corrected chi connectivity index (χ2v) is 4.60. The van der Waals surface area contributed by atoms with Crippen molar-refractivity contribution in [1.29, 1.82) is 0 Å². The third kappa shape index (κ3) is 2.12. The zero-order valence-electron chi connectivity index (χ0n) is 8.32. The van der Waals surface area contributed by atoms with Gasteiger partial charge in [0.15, 0.2) is 0 Å². The molecule has 0 saturated heterocycles. The predicted molar refractivity (Wildman–Crippen MR) is 48.6 cm³/mol. The maximum absolute atomic E-state index is 10.9. The number of carboxylic acid groups (broad SMARTS) is 1. The van der Waals surface area contributed by atoms with Crippen molar-refractivity contribution in [3.63, 3.8) is 0 Å². The molecule has 0 aromatic heterocycles. The lowest BCUT2D eigenvalue weighted by atomic mass is 9.85. The monoisotopic (exact) mass is 187 g/mol. The lowest BCUT2D eigenvalue weighted by Gasteiger charge is -2.45. The molecule has 0 aromatic carbocycles. The number of nitrogens with zero attached hydrogens (tertiary/aromatic N) is 1. The van der Waals surface area contributed by atoms with E-state index in [0.29, 0.717) is 12.8 Å². The van der Waals surface area contributed by atoms with Gasteiger partial charge in [-0.2, -0.15) is 0 Å². The zero-order chi connectivity index (χ0) is 10.2. The third-order valence-corrected chi connectivity index (χ3v) is 2.38. The van der Waals surface area contributed by atoms with Crippen molar-refractivity contribution in [3.8, 4) is 0 Å². The Balaban J connectivity index is 2.65. The van der Waals surface area contributed by atoms with Crippen molar-refractivity contribution in [2.75, 3.05) is 0 Å². The number of carbonyl (C=O) groups is 1. The van der Waals surface area contributed by atoms with Crippen molar-refractivity contribution >= 4 is 6.09 Å². The minimum atomic E-state index is -0.899. The van der Waals surface area contributed by atoms with Crippen LogP contribution in [0.1, 0.15) is 33.6 Å². The summed E-state index contributed by atoms with van der Waals surface area (Å²) in [6.07, 6.45) is -0.0637. The van der Waals surface area contributed by atoms with E-state index in [1.807, 2.05) is 20.8 Å². The van der Waals surface area contributed by atoms with E-state index in [0.717, 1.165) is 0 Å². The van der Waals surface area contributed by atoms with Crippen LogP contribution in [0.2, 0.25) is 0 Å². The quantitative estimate of drug-likeness (QED) is 0.650. The van der Waals surface area contributed by atoms with Crippen LogP contribution in [0.15, 0.2) is 0 Å². The van der Waals surface area contributed by atoms with E-state index in [-0.39, 0.29) is 17.7 Å². The summed E-state index contributed by atoms with van der Waals surface area (Å²) in [4.78, 5) is 12.4. The molecule has 0 aromatic rings. The molecule has 4 heteroatoms. The van der Waals surface area contributed by atoms with Crippen LogP contribution in [0.25, 0.3) is 0 Å². The highest BCUT2D eigenvalue weighted by Gasteiger charge is 2.40. The van der Waals surface area contributed by atoms with Crippen LogP contribution in [0, 0.1) is 0 Å². The maximum Gasteiger partial charge on any atom is 0.407 e. The predicted octanol–water partition coefficient (Wildman–Crippen LogP) is 1.29. The van der Waals surface area contributed by atoms with Gasteiger partial charge < -0.3 is 15.1 Å². The van der Waals surface area contributed by atoms with Crippen LogP contribution in [0.3, 0.4) is 0 Å². The Morgan fingerprint density at radius 2 is 1.85 bits per heavy atom. The summed E-state index contributed by atoms with van der Waals surface area (Å²) >= 11 is 0. The molecule has 13 heavy (non-hydrogen) atoms. The Bertz CT molecular complexity index is 203. The first kappa shape index (κ1) is 10.3. The topological polar surface area (TPSA) is 60.8 Å². The van der Waals surface area contributed by atoms with E-state index >= 15 is 0 Å². The first-order chi connectivity index (χ1) is 5.82. The van der Waals surface area contributed by atoms with Crippen molar-refractivity contribution in [1.82, 2.24) is 4.90 Å². The van der Waals surface area contributed by atoms with Crippen LogP contribution in [-0.2, 0) is 0 Å². The van der Waals surface area contributed by atoms with Gasteiger partial charge in [0.1, 0.15) is 0 Å². The van der Waals surface area contributed by atoms with Gasteiger partial charge in [-0.15, -0.1) is 0 Å². The van der Waals surface area contributed by atoms with Gasteiger partial charge >= 0.3 is 6.09 Å². The fourth-order valence-electron chi connectivity index (χ4n) is 1.76.